The van der Waals surface area contributed by atoms with Gasteiger partial charge in [-0.15, -0.1) is 0 Å². The van der Waals surface area contributed by atoms with E-state index in [1.807, 2.05) is 44.2 Å². The Morgan fingerprint density at radius 3 is 2.72 bits per heavy atom. The number of aldehydes is 1. The van der Waals surface area contributed by atoms with Crippen LogP contribution in [0, 0.1) is 5.92 Å². The van der Waals surface area contributed by atoms with Crippen molar-refractivity contribution in [3.8, 4) is 5.75 Å². The predicted molar refractivity (Wildman–Crippen MR) is 109 cm³/mol. The van der Waals surface area contributed by atoms with Crippen LogP contribution in [0.25, 0.3) is 0 Å². The van der Waals surface area contributed by atoms with Crippen LogP contribution >= 0.6 is 11.6 Å². The molecule has 2 aromatic carbocycles. The topological polar surface area (TPSA) is 65.0 Å². The molecule has 0 aliphatic carbocycles. The number of halogens is 1. The fraction of sp³-hybridized carbons (Fsp3) is 0.435. The molecule has 5 nitrogen and oxygen atoms in total. The van der Waals surface area contributed by atoms with Crippen molar-refractivity contribution < 1.29 is 24.1 Å². The van der Waals surface area contributed by atoms with E-state index in [1.165, 1.54) is 0 Å². The van der Waals surface area contributed by atoms with Gasteiger partial charge in [0, 0.05) is 16.5 Å². The largest absolute Gasteiger partial charge is 0.494 e. The Hall–Kier alpha value is -1.92. The Labute approximate surface area is 175 Å². The van der Waals surface area contributed by atoms with Gasteiger partial charge in [0.25, 0.3) is 0 Å². The zero-order valence-electron chi connectivity index (χ0n) is 16.6. The van der Waals surface area contributed by atoms with Gasteiger partial charge in [-0.3, -0.25) is 0 Å². The molecule has 154 valence electrons. The summed E-state index contributed by atoms with van der Waals surface area (Å²) in [6.07, 6.45) is 0.771. The van der Waals surface area contributed by atoms with Gasteiger partial charge in [0.2, 0.25) is 5.79 Å². The molecule has 29 heavy (non-hydrogen) atoms. The van der Waals surface area contributed by atoms with Gasteiger partial charge in [-0.2, -0.15) is 0 Å². The third kappa shape index (κ3) is 3.68. The molecule has 6 heteroatoms. The third-order valence-electron chi connectivity index (χ3n) is 5.70. The molecule has 2 fully saturated rings. The summed E-state index contributed by atoms with van der Waals surface area (Å²) in [6, 6.07) is 13.4. The Morgan fingerprint density at radius 1 is 1.28 bits per heavy atom. The second-order valence-electron chi connectivity index (χ2n) is 8.02. The van der Waals surface area contributed by atoms with Crippen molar-refractivity contribution in [2.45, 2.75) is 44.2 Å². The molecule has 0 aromatic heterocycles. The number of hydrogen-bond donors (Lipinski definition) is 1. The molecule has 1 N–H and O–H groups in total. The van der Waals surface area contributed by atoms with Gasteiger partial charge in [0.15, 0.2) is 0 Å². The van der Waals surface area contributed by atoms with Crippen LogP contribution in [0.15, 0.2) is 42.5 Å². The minimum atomic E-state index is -1.35. The summed E-state index contributed by atoms with van der Waals surface area (Å²) in [7, 11) is 0. The van der Waals surface area contributed by atoms with Gasteiger partial charge in [0.05, 0.1) is 18.8 Å². The summed E-state index contributed by atoms with van der Waals surface area (Å²) in [6.45, 7) is 4.81. The maximum atomic E-state index is 11.5. The average Bonchev–Trinajstić information content (AvgIpc) is 3.03. The molecule has 0 radical (unpaired) electrons. The van der Waals surface area contributed by atoms with Gasteiger partial charge in [-0.25, -0.2) is 0 Å². The van der Waals surface area contributed by atoms with Crippen LogP contribution in [0.1, 0.15) is 37.0 Å². The number of fused-ring (bicyclic) bond motifs is 2. The quantitative estimate of drug-likeness (QED) is 0.724. The Bertz CT molecular complexity index is 899. The third-order valence-corrected chi connectivity index (χ3v) is 6.07. The van der Waals surface area contributed by atoms with Crippen molar-refractivity contribution in [2.75, 3.05) is 13.2 Å². The maximum Gasteiger partial charge on any atom is 0.223 e. The standard InChI is InChI=1S/C23H25ClO5/c1-3-27-19-7-4-15(5-8-19)10-16-11-18(6-9-20(16)24)23-21(26)17(13-25)12-22(2,29-23)14-28-23/h4-9,11,13,17,21,26H,3,10,12,14H2,1-2H3/t17-,21-,22-,23+/m1/s1. The van der Waals surface area contributed by atoms with E-state index in [4.69, 9.17) is 25.8 Å². The minimum absolute atomic E-state index is 0.325. The molecule has 4 atom stereocenters. The average molecular weight is 417 g/mol. The molecule has 2 aliphatic heterocycles. The van der Waals surface area contributed by atoms with Gasteiger partial charge >= 0.3 is 0 Å². The number of carbonyl (C=O) groups is 1. The van der Waals surface area contributed by atoms with Crippen LogP contribution in [0.2, 0.25) is 5.02 Å². The van der Waals surface area contributed by atoms with E-state index in [0.717, 1.165) is 23.2 Å². The number of ether oxygens (including phenoxy) is 3. The molecule has 2 aliphatic rings. The van der Waals surface area contributed by atoms with Crippen LogP contribution < -0.4 is 4.74 Å². The van der Waals surface area contributed by atoms with Crippen LogP contribution in [-0.2, 0) is 26.5 Å². The van der Waals surface area contributed by atoms with Crippen molar-refractivity contribution in [3.63, 3.8) is 0 Å². The van der Waals surface area contributed by atoms with Crippen LogP contribution in [0.4, 0.5) is 0 Å². The zero-order chi connectivity index (χ0) is 20.6. The van der Waals surface area contributed by atoms with E-state index >= 15 is 0 Å². The summed E-state index contributed by atoms with van der Waals surface area (Å²) in [4.78, 5) is 11.5. The van der Waals surface area contributed by atoms with E-state index < -0.39 is 23.4 Å². The van der Waals surface area contributed by atoms with Crippen LogP contribution in [0.3, 0.4) is 0 Å². The number of carbonyl (C=O) groups excluding carboxylic acids is 1. The highest BCUT2D eigenvalue weighted by Gasteiger charge is 2.61. The lowest BCUT2D eigenvalue weighted by molar-refractivity contribution is -0.282. The Morgan fingerprint density at radius 2 is 2.03 bits per heavy atom. The fourth-order valence-electron chi connectivity index (χ4n) is 4.28. The molecule has 2 heterocycles. The summed E-state index contributed by atoms with van der Waals surface area (Å²) < 4.78 is 17.7. The maximum absolute atomic E-state index is 11.5. The van der Waals surface area contributed by atoms with Gasteiger partial charge < -0.3 is 24.1 Å². The summed E-state index contributed by atoms with van der Waals surface area (Å²) in [5.74, 6) is -1.06. The monoisotopic (exact) mass is 416 g/mol. The van der Waals surface area contributed by atoms with Crippen LogP contribution in [0.5, 0.6) is 5.75 Å². The summed E-state index contributed by atoms with van der Waals surface area (Å²) >= 11 is 6.46. The normalized spacial score (nSPS) is 30.9. The van der Waals surface area contributed by atoms with E-state index in [2.05, 4.69) is 0 Å². The first-order chi connectivity index (χ1) is 13.9. The number of benzene rings is 2. The lowest BCUT2D eigenvalue weighted by Gasteiger charge is -2.42. The minimum Gasteiger partial charge on any atom is -0.494 e. The Kier molecular flexibility index (Phi) is 5.42. The molecular weight excluding hydrogens is 392 g/mol. The molecule has 2 saturated heterocycles. The lowest BCUT2D eigenvalue weighted by atomic mass is 9.81. The zero-order valence-corrected chi connectivity index (χ0v) is 17.3. The smallest absolute Gasteiger partial charge is 0.223 e. The highest BCUT2D eigenvalue weighted by Crippen LogP contribution is 2.51. The number of aliphatic hydroxyl groups excluding tert-OH is 1. The van der Waals surface area contributed by atoms with Crippen molar-refractivity contribution in [3.05, 3.63) is 64.2 Å². The molecule has 2 bridgehead atoms. The van der Waals surface area contributed by atoms with Crippen molar-refractivity contribution in [1.29, 1.82) is 0 Å². The van der Waals surface area contributed by atoms with E-state index in [-0.39, 0.29) is 0 Å². The molecule has 0 amide bonds. The van der Waals surface area contributed by atoms with Gasteiger partial charge in [0.1, 0.15) is 18.1 Å². The second-order valence-corrected chi connectivity index (χ2v) is 8.42. The van der Waals surface area contributed by atoms with Crippen molar-refractivity contribution in [2.24, 2.45) is 5.92 Å². The molecule has 0 unspecified atom stereocenters. The van der Waals surface area contributed by atoms with E-state index in [1.54, 1.807) is 12.1 Å². The van der Waals surface area contributed by atoms with E-state index in [9.17, 15) is 9.90 Å². The highest BCUT2D eigenvalue weighted by molar-refractivity contribution is 6.31. The number of hydrogen-bond acceptors (Lipinski definition) is 5. The van der Waals surface area contributed by atoms with Gasteiger partial charge in [-0.05, 0) is 62.1 Å². The molecular formula is C23H25ClO5. The SMILES string of the molecule is CCOc1ccc(Cc2cc([C@@]34OC[C@@](C)(C[C@H](C=O)[C@H]3O)O4)ccc2Cl)cc1. The fourth-order valence-corrected chi connectivity index (χ4v) is 4.46. The Balaban J connectivity index is 1.65. The first-order valence-corrected chi connectivity index (χ1v) is 10.2. The molecule has 4 rings (SSSR count). The summed E-state index contributed by atoms with van der Waals surface area (Å²) in [5, 5.41) is 11.5. The van der Waals surface area contributed by atoms with Crippen molar-refractivity contribution >= 4 is 17.9 Å². The summed E-state index contributed by atoms with van der Waals surface area (Å²) in [5.41, 5.74) is 2.05. The van der Waals surface area contributed by atoms with Gasteiger partial charge in [-0.1, -0.05) is 29.8 Å². The lowest BCUT2D eigenvalue weighted by Crippen LogP contribution is -2.53. The van der Waals surface area contributed by atoms with E-state index in [0.29, 0.717) is 36.6 Å². The second kappa shape index (κ2) is 7.73. The number of aliphatic hydroxyl groups is 1. The molecule has 2 aromatic rings. The highest BCUT2D eigenvalue weighted by atomic mass is 35.5. The number of rotatable bonds is 6. The molecule has 0 spiro atoms. The van der Waals surface area contributed by atoms with Crippen molar-refractivity contribution in [1.82, 2.24) is 0 Å². The first kappa shape index (κ1) is 20.4. The molecule has 0 saturated carbocycles. The first-order valence-electron chi connectivity index (χ1n) is 9.87. The predicted octanol–water partition coefficient (Wildman–Crippen LogP) is 3.87. The van der Waals surface area contributed by atoms with Crippen LogP contribution in [-0.4, -0.2) is 36.3 Å².